The standard InChI is InChI=1S/C18H19FN2O4/c1-12(22)13-3-2-4-15(9-13)21-18(24)20-10-16(23)11-25-17-7-5-14(19)6-8-17/h2-9,16,23H,10-11H2,1H3,(H2,20,21,24). The van der Waals surface area contributed by atoms with Gasteiger partial charge >= 0.3 is 6.03 Å². The molecule has 0 bridgehead atoms. The van der Waals surface area contributed by atoms with Crippen LogP contribution in [0.3, 0.4) is 0 Å². The normalized spacial score (nSPS) is 11.5. The molecule has 132 valence electrons. The van der Waals surface area contributed by atoms with E-state index in [0.29, 0.717) is 17.0 Å². The van der Waals surface area contributed by atoms with Crippen LogP contribution < -0.4 is 15.4 Å². The van der Waals surface area contributed by atoms with Crippen LogP contribution in [0.4, 0.5) is 14.9 Å². The Balaban J connectivity index is 1.74. The van der Waals surface area contributed by atoms with E-state index in [0.717, 1.165) is 0 Å². The third-order valence-electron chi connectivity index (χ3n) is 3.28. The van der Waals surface area contributed by atoms with Gasteiger partial charge in [-0.1, -0.05) is 12.1 Å². The number of aliphatic hydroxyl groups excluding tert-OH is 1. The van der Waals surface area contributed by atoms with Crippen molar-refractivity contribution in [3.63, 3.8) is 0 Å². The summed E-state index contributed by atoms with van der Waals surface area (Å²) in [7, 11) is 0. The van der Waals surface area contributed by atoms with E-state index in [1.54, 1.807) is 24.3 Å². The van der Waals surface area contributed by atoms with Crippen molar-refractivity contribution in [2.75, 3.05) is 18.5 Å². The third-order valence-corrected chi connectivity index (χ3v) is 3.28. The second-order valence-electron chi connectivity index (χ2n) is 5.39. The molecule has 2 amide bonds. The van der Waals surface area contributed by atoms with E-state index >= 15 is 0 Å². The number of ketones is 1. The molecule has 1 atom stereocenters. The summed E-state index contributed by atoms with van der Waals surface area (Å²) in [5.41, 5.74) is 0.966. The largest absolute Gasteiger partial charge is 0.491 e. The van der Waals surface area contributed by atoms with Crippen molar-refractivity contribution in [3.8, 4) is 5.75 Å². The fraction of sp³-hybridized carbons (Fsp3) is 0.222. The Morgan fingerprint density at radius 1 is 1.20 bits per heavy atom. The molecule has 3 N–H and O–H groups in total. The molecule has 0 aliphatic carbocycles. The van der Waals surface area contributed by atoms with Crippen molar-refractivity contribution in [3.05, 3.63) is 59.9 Å². The number of rotatable bonds is 7. The lowest BCUT2D eigenvalue weighted by atomic mass is 10.1. The number of anilines is 1. The SMILES string of the molecule is CC(=O)c1cccc(NC(=O)NCC(O)COc2ccc(F)cc2)c1. The van der Waals surface area contributed by atoms with Crippen LogP contribution in [0.15, 0.2) is 48.5 Å². The second kappa shape index (κ2) is 8.79. The number of benzene rings is 2. The summed E-state index contributed by atoms with van der Waals surface area (Å²) in [6, 6.07) is 11.4. The molecule has 25 heavy (non-hydrogen) atoms. The van der Waals surface area contributed by atoms with Gasteiger partial charge in [-0.3, -0.25) is 4.79 Å². The molecule has 0 radical (unpaired) electrons. The summed E-state index contributed by atoms with van der Waals surface area (Å²) < 4.78 is 18.1. The number of aliphatic hydroxyl groups is 1. The monoisotopic (exact) mass is 346 g/mol. The summed E-state index contributed by atoms with van der Waals surface area (Å²) in [6.07, 6.45) is -0.931. The summed E-state index contributed by atoms with van der Waals surface area (Å²) in [4.78, 5) is 23.1. The zero-order chi connectivity index (χ0) is 18.2. The number of carbonyl (C=O) groups excluding carboxylic acids is 2. The molecule has 2 aromatic carbocycles. The van der Waals surface area contributed by atoms with E-state index in [4.69, 9.17) is 4.74 Å². The highest BCUT2D eigenvalue weighted by molar-refractivity contribution is 5.96. The van der Waals surface area contributed by atoms with Crippen LogP contribution in [0.25, 0.3) is 0 Å². The van der Waals surface area contributed by atoms with Gasteiger partial charge in [0.05, 0.1) is 0 Å². The lowest BCUT2D eigenvalue weighted by Crippen LogP contribution is -2.37. The number of hydrogen-bond donors (Lipinski definition) is 3. The number of carbonyl (C=O) groups is 2. The van der Waals surface area contributed by atoms with Crippen molar-refractivity contribution in [1.82, 2.24) is 5.32 Å². The zero-order valence-electron chi connectivity index (χ0n) is 13.7. The average molecular weight is 346 g/mol. The van der Waals surface area contributed by atoms with Gasteiger partial charge in [0.15, 0.2) is 5.78 Å². The maximum Gasteiger partial charge on any atom is 0.319 e. The average Bonchev–Trinajstić information content (AvgIpc) is 2.59. The molecule has 0 heterocycles. The molecule has 7 heteroatoms. The lowest BCUT2D eigenvalue weighted by Gasteiger charge is -2.14. The Bertz CT molecular complexity index is 734. The van der Waals surface area contributed by atoms with Crippen LogP contribution >= 0.6 is 0 Å². The van der Waals surface area contributed by atoms with Gasteiger partial charge < -0.3 is 20.5 Å². The molecule has 0 aliphatic heterocycles. The van der Waals surface area contributed by atoms with E-state index in [2.05, 4.69) is 10.6 Å². The van der Waals surface area contributed by atoms with Crippen LogP contribution in [0.5, 0.6) is 5.75 Å². The third kappa shape index (κ3) is 6.23. The van der Waals surface area contributed by atoms with Gasteiger partial charge in [-0.25, -0.2) is 9.18 Å². The number of Topliss-reactive ketones (excluding diaryl/α,β-unsaturated/α-hetero) is 1. The first-order valence-corrected chi connectivity index (χ1v) is 7.66. The van der Waals surface area contributed by atoms with E-state index in [-0.39, 0.29) is 24.8 Å². The van der Waals surface area contributed by atoms with Crippen molar-refractivity contribution in [2.45, 2.75) is 13.0 Å². The van der Waals surface area contributed by atoms with Gasteiger partial charge in [-0.2, -0.15) is 0 Å². The number of amides is 2. The Hall–Kier alpha value is -2.93. The van der Waals surface area contributed by atoms with Crippen molar-refractivity contribution >= 4 is 17.5 Å². The first kappa shape index (κ1) is 18.4. The minimum absolute atomic E-state index is 0.0283. The Kier molecular flexibility index (Phi) is 6.47. The fourth-order valence-corrected chi connectivity index (χ4v) is 1.98. The highest BCUT2D eigenvalue weighted by atomic mass is 19.1. The molecule has 0 spiro atoms. The van der Waals surface area contributed by atoms with Crippen LogP contribution in [0.1, 0.15) is 17.3 Å². The molecular formula is C18H19FN2O4. The molecule has 2 aromatic rings. The highest BCUT2D eigenvalue weighted by Gasteiger charge is 2.09. The summed E-state index contributed by atoms with van der Waals surface area (Å²) in [5, 5.41) is 14.9. The van der Waals surface area contributed by atoms with Crippen LogP contribution in [-0.4, -0.2) is 36.2 Å². The van der Waals surface area contributed by atoms with Crippen molar-refractivity contribution < 1.29 is 23.8 Å². The van der Waals surface area contributed by atoms with E-state index in [9.17, 15) is 19.1 Å². The van der Waals surface area contributed by atoms with Gasteiger partial charge in [0, 0.05) is 17.8 Å². The van der Waals surface area contributed by atoms with Gasteiger partial charge in [0.25, 0.3) is 0 Å². The number of hydrogen-bond acceptors (Lipinski definition) is 4. The Labute approximate surface area is 144 Å². The van der Waals surface area contributed by atoms with E-state index in [1.165, 1.54) is 31.2 Å². The maximum atomic E-state index is 12.8. The number of halogens is 1. The van der Waals surface area contributed by atoms with Crippen LogP contribution in [0, 0.1) is 5.82 Å². The van der Waals surface area contributed by atoms with Crippen LogP contribution in [0.2, 0.25) is 0 Å². The van der Waals surface area contributed by atoms with E-state index in [1.807, 2.05) is 0 Å². The van der Waals surface area contributed by atoms with Crippen molar-refractivity contribution in [2.24, 2.45) is 0 Å². The van der Waals surface area contributed by atoms with Gasteiger partial charge in [-0.05, 0) is 43.3 Å². The first-order chi connectivity index (χ1) is 11.9. The minimum Gasteiger partial charge on any atom is -0.491 e. The van der Waals surface area contributed by atoms with Gasteiger partial charge in [-0.15, -0.1) is 0 Å². The summed E-state index contributed by atoms with van der Waals surface area (Å²) >= 11 is 0. The number of nitrogens with one attached hydrogen (secondary N) is 2. The first-order valence-electron chi connectivity index (χ1n) is 7.66. The Morgan fingerprint density at radius 2 is 1.92 bits per heavy atom. The molecule has 2 rings (SSSR count). The predicted octanol–water partition coefficient (Wildman–Crippen LogP) is 2.59. The quantitative estimate of drug-likeness (QED) is 0.673. The second-order valence-corrected chi connectivity index (χ2v) is 5.39. The van der Waals surface area contributed by atoms with E-state index < -0.39 is 12.1 Å². The fourth-order valence-electron chi connectivity index (χ4n) is 1.98. The molecule has 0 aliphatic rings. The smallest absolute Gasteiger partial charge is 0.319 e. The zero-order valence-corrected chi connectivity index (χ0v) is 13.7. The number of ether oxygens (including phenoxy) is 1. The summed E-state index contributed by atoms with van der Waals surface area (Å²) in [6.45, 7) is 1.36. The van der Waals surface area contributed by atoms with Gasteiger partial charge in [0.1, 0.15) is 24.3 Å². The molecular weight excluding hydrogens is 327 g/mol. The van der Waals surface area contributed by atoms with Crippen LogP contribution in [-0.2, 0) is 0 Å². The Morgan fingerprint density at radius 3 is 2.60 bits per heavy atom. The predicted molar refractivity (Wildman–Crippen MR) is 91.4 cm³/mol. The topological polar surface area (TPSA) is 87.7 Å². The molecule has 0 saturated heterocycles. The number of urea groups is 1. The summed E-state index contributed by atoms with van der Waals surface area (Å²) in [5.74, 6) is -0.0524. The maximum absolute atomic E-state index is 12.8. The molecule has 1 unspecified atom stereocenters. The molecule has 0 aromatic heterocycles. The molecule has 6 nitrogen and oxygen atoms in total. The minimum atomic E-state index is -0.931. The molecule has 0 saturated carbocycles. The lowest BCUT2D eigenvalue weighted by molar-refractivity contribution is 0.101. The van der Waals surface area contributed by atoms with Crippen molar-refractivity contribution in [1.29, 1.82) is 0 Å². The molecule has 0 fully saturated rings. The highest BCUT2D eigenvalue weighted by Crippen LogP contribution is 2.12. The van der Waals surface area contributed by atoms with Gasteiger partial charge in [0.2, 0.25) is 0 Å².